The zero-order chi connectivity index (χ0) is 13.7. The molecule has 0 aromatic carbocycles. The molecule has 0 fully saturated rings. The van der Waals surface area contributed by atoms with Crippen molar-refractivity contribution in [3.8, 4) is 6.07 Å². The Balaban J connectivity index is 1.90. The topological polar surface area (TPSA) is 90.3 Å². The minimum absolute atomic E-state index is 0.449. The van der Waals surface area contributed by atoms with Crippen LogP contribution in [-0.4, -0.2) is 38.3 Å². The van der Waals surface area contributed by atoms with E-state index in [-0.39, 0.29) is 0 Å². The number of aromatic nitrogens is 4. The van der Waals surface area contributed by atoms with Crippen LogP contribution in [0.1, 0.15) is 19.8 Å². The molecule has 0 spiro atoms. The van der Waals surface area contributed by atoms with Crippen molar-refractivity contribution in [1.29, 1.82) is 5.26 Å². The number of fused-ring (bicyclic) bond motifs is 1. The summed E-state index contributed by atoms with van der Waals surface area (Å²) in [5.74, 6) is 0.907. The number of H-pyrrole nitrogens is 1. The van der Waals surface area contributed by atoms with Crippen LogP contribution in [0.4, 0.5) is 0 Å². The van der Waals surface area contributed by atoms with Crippen LogP contribution in [-0.2, 0) is 0 Å². The van der Waals surface area contributed by atoms with Gasteiger partial charge in [0.25, 0.3) is 0 Å². The summed E-state index contributed by atoms with van der Waals surface area (Å²) in [5, 5.41) is 13.0. The summed E-state index contributed by atoms with van der Waals surface area (Å²) in [7, 11) is 1.81. The number of imidazole rings is 1. The zero-order valence-corrected chi connectivity index (χ0v) is 11.8. The average molecular weight is 276 g/mol. The summed E-state index contributed by atoms with van der Waals surface area (Å²) in [4.78, 5) is 15.5. The molecule has 0 saturated carbocycles. The Kier molecular flexibility index (Phi) is 4.35. The Morgan fingerprint density at radius 1 is 1.47 bits per heavy atom. The summed E-state index contributed by atoms with van der Waals surface area (Å²) >= 11 is 1.66. The van der Waals surface area contributed by atoms with Crippen molar-refractivity contribution >= 4 is 22.9 Å². The number of hydrogen-bond acceptors (Lipinski definition) is 6. The van der Waals surface area contributed by atoms with Crippen molar-refractivity contribution in [2.24, 2.45) is 0 Å². The lowest BCUT2D eigenvalue weighted by atomic mass is 9.99. The fraction of sp³-hybridized carbons (Fsp3) is 0.500. The van der Waals surface area contributed by atoms with Gasteiger partial charge in [-0.05, 0) is 32.6 Å². The highest BCUT2D eigenvalue weighted by molar-refractivity contribution is 7.99. The molecule has 1 atom stereocenters. The highest BCUT2D eigenvalue weighted by Gasteiger charge is 2.20. The van der Waals surface area contributed by atoms with E-state index in [9.17, 15) is 0 Å². The van der Waals surface area contributed by atoms with Crippen molar-refractivity contribution in [2.45, 2.75) is 30.3 Å². The molecule has 6 nitrogen and oxygen atoms in total. The molecule has 1 unspecified atom stereocenters. The van der Waals surface area contributed by atoms with Gasteiger partial charge in [0.05, 0.1) is 12.4 Å². The first kappa shape index (κ1) is 13.8. The Morgan fingerprint density at radius 2 is 2.32 bits per heavy atom. The normalized spacial score (nSPS) is 14.2. The molecule has 2 aromatic heterocycles. The molecular formula is C12H16N6S. The van der Waals surface area contributed by atoms with E-state index in [1.54, 1.807) is 18.1 Å². The van der Waals surface area contributed by atoms with Gasteiger partial charge < -0.3 is 10.3 Å². The molecule has 2 heterocycles. The lowest BCUT2D eigenvalue weighted by Crippen LogP contribution is -2.37. The Hall–Kier alpha value is -1.65. The van der Waals surface area contributed by atoms with Gasteiger partial charge in [-0.3, -0.25) is 0 Å². The number of hydrogen-bond donors (Lipinski definition) is 2. The predicted octanol–water partition coefficient (Wildman–Crippen LogP) is 1.73. The average Bonchev–Trinajstić information content (AvgIpc) is 2.92. The molecule has 0 saturated heterocycles. The molecule has 7 heteroatoms. The number of nitrogens with one attached hydrogen (secondary N) is 2. The zero-order valence-electron chi connectivity index (χ0n) is 11.0. The van der Waals surface area contributed by atoms with Crippen LogP contribution in [0.3, 0.4) is 0 Å². The number of nitriles is 1. The predicted molar refractivity (Wildman–Crippen MR) is 74.7 cm³/mol. The van der Waals surface area contributed by atoms with Gasteiger partial charge >= 0.3 is 0 Å². The monoisotopic (exact) mass is 276 g/mol. The van der Waals surface area contributed by atoms with E-state index < -0.39 is 5.54 Å². The fourth-order valence-corrected chi connectivity index (χ4v) is 2.58. The fourth-order valence-electron chi connectivity index (χ4n) is 1.68. The lowest BCUT2D eigenvalue weighted by Gasteiger charge is -2.19. The van der Waals surface area contributed by atoms with Gasteiger partial charge in [0, 0.05) is 0 Å². The largest absolute Gasteiger partial charge is 0.341 e. The lowest BCUT2D eigenvalue weighted by molar-refractivity contribution is 0.451. The van der Waals surface area contributed by atoms with E-state index >= 15 is 0 Å². The summed E-state index contributed by atoms with van der Waals surface area (Å²) in [6.45, 7) is 1.91. The smallest absolute Gasteiger partial charge is 0.181 e. The van der Waals surface area contributed by atoms with Gasteiger partial charge in [0.2, 0.25) is 0 Å². The number of thioether (sulfide) groups is 1. The van der Waals surface area contributed by atoms with E-state index in [4.69, 9.17) is 5.26 Å². The minimum Gasteiger partial charge on any atom is -0.341 e. The van der Waals surface area contributed by atoms with Gasteiger partial charge in [-0.25, -0.2) is 15.0 Å². The molecule has 2 rings (SSSR count). The van der Waals surface area contributed by atoms with Crippen LogP contribution in [0.5, 0.6) is 0 Å². The van der Waals surface area contributed by atoms with Crippen molar-refractivity contribution in [1.82, 2.24) is 25.3 Å². The summed E-state index contributed by atoms with van der Waals surface area (Å²) in [5.41, 5.74) is 1.12. The second-order valence-corrected chi connectivity index (χ2v) is 5.51. The molecule has 0 aliphatic rings. The third-order valence-electron chi connectivity index (χ3n) is 3.05. The van der Waals surface area contributed by atoms with Gasteiger partial charge in [-0.1, -0.05) is 0 Å². The van der Waals surface area contributed by atoms with Crippen LogP contribution in [0.15, 0.2) is 17.7 Å². The molecule has 0 aliphatic carbocycles. The molecule has 0 bridgehead atoms. The van der Waals surface area contributed by atoms with E-state index in [0.29, 0.717) is 5.65 Å². The third-order valence-corrected chi connectivity index (χ3v) is 4.12. The summed E-state index contributed by atoms with van der Waals surface area (Å²) < 4.78 is 0. The quantitative estimate of drug-likeness (QED) is 0.474. The summed E-state index contributed by atoms with van der Waals surface area (Å²) in [6.07, 6.45) is 4.90. The maximum absolute atomic E-state index is 9.06. The maximum Gasteiger partial charge on any atom is 0.181 e. The second kappa shape index (κ2) is 5.99. The first-order chi connectivity index (χ1) is 9.18. The molecule has 0 amide bonds. The van der Waals surface area contributed by atoms with E-state index in [1.165, 1.54) is 6.33 Å². The SMILES string of the molecule is CNC(C)(C#N)CCCSc1ncnc2nc[nH]c12. The van der Waals surface area contributed by atoms with E-state index in [2.05, 4.69) is 31.3 Å². The van der Waals surface area contributed by atoms with Crippen LogP contribution in [0, 0.1) is 11.3 Å². The van der Waals surface area contributed by atoms with Gasteiger partial charge in [-0.15, -0.1) is 11.8 Å². The standard InChI is InChI=1S/C12H16N6S/c1-12(6-13,14-2)4-3-5-19-11-9-10(16-7-15-9)17-8-18-11/h7-8,14H,3-5H2,1-2H3,(H,15,16,17,18). The Labute approximate surface area is 116 Å². The van der Waals surface area contributed by atoms with Gasteiger partial charge in [0.15, 0.2) is 5.65 Å². The van der Waals surface area contributed by atoms with E-state index in [1.807, 2.05) is 14.0 Å². The third kappa shape index (κ3) is 3.22. The van der Waals surface area contributed by atoms with Gasteiger partial charge in [0.1, 0.15) is 22.4 Å². The maximum atomic E-state index is 9.06. The Bertz CT molecular complexity index is 589. The van der Waals surface area contributed by atoms with Crippen LogP contribution >= 0.6 is 11.8 Å². The van der Waals surface area contributed by atoms with Crippen molar-refractivity contribution in [3.63, 3.8) is 0 Å². The first-order valence-electron chi connectivity index (χ1n) is 6.05. The highest BCUT2D eigenvalue weighted by Crippen LogP contribution is 2.23. The number of aromatic amines is 1. The number of nitrogens with zero attached hydrogens (tertiary/aromatic N) is 4. The van der Waals surface area contributed by atoms with Crippen molar-refractivity contribution < 1.29 is 0 Å². The second-order valence-electron chi connectivity index (χ2n) is 4.43. The van der Waals surface area contributed by atoms with Gasteiger partial charge in [-0.2, -0.15) is 5.26 Å². The van der Waals surface area contributed by atoms with Crippen molar-refractivity contribution in [2.75, 3.05) is 12.8 Å². The first-order valence-corrected chi connectivity index (χ1v) is 7.04. The minimum atomic E-state index is -0.449. The number of rotatable bonds is 6. The molecular weight excluding hydrogens is 260 g/mol. The summed E-state index contributed by atoms with van der Waals surface area (Å²) in [6, 6.07) is 2.29. The molecule has 100 valence electrons. The molecule has 19 heavy (non-hydrogen) atoms. The molecule has 0 radical (unpaired) electrons. The Morgan fingerprint density at radius 3 is 3.05 bits per heavy atom. The molecule has 0 aliphatic heterocycles. The van der Waals surface area contributed by atoms with Crippen LogP contribution in [0.2, 0.25) is 0 Å². The molecule has 2 aromatic rings. The van der Waals surface area contributed by atoms with Crippen LogP contribution in [0.25, 0.3) is 11.2 Å². The molecule has 2 N–H and O–H groups in total. The van der Waals surface area contributed by atoms with Crippen LogP contribution < -0.4 is 5.32 Å². The van der Waals surface area contributed by atoms with E-state index in [0.717, 1.165) is 29.1 Å². The highest BCUT2D eigenvalue weighted by atomic mass is 32.2. The van der Waals surface area contributed by atoms with Crippen molar-refractivity contribution in [3.05, 3.63) is 12.7 Å².